The molecular formula is C29H35ClF3N7O3S. The largest absolute Gasteiger partial charge is 0.477 e. The lowest BCUT2D eigenvalue weighted by molar-refractivity contribution is -0.189. The first-order valence-electron chi connectivity index (χ1n) is 14.4. The van der Waals surface area contributed by atoms with Crippen LogP contribution >= 0.6 is 23.5 Å². The van der Waals surface area contributed by atoms with E-state index in [4.69, 9.17) is 21.1 Å². The highest BCUT2D eigenvalue weighted by Crippen LogP contribution is 2.60. The van der Waals surface area contributed by atoms with Gasteiger partial charge < -0.3 is 20.1 Å². The summed E-state index contributed by atoms with van der Waals surface area (Å²) >= 11 is 7.37. The van der Waals surface area contributed by atoms with Gasteiger partial charge in [-0.3, -0.25) is 9.52 Å². The van der Waals surface area contributed by atoms with Crippen LogP contribution in [0.3, 0.4) is 0 Å². The molecule has 10 nitrogen and oxygen atoms in total. The highest BCUT2D eigenvalue weighted by molar-refractivity contribution is 7.97. The van der Waals surface area contributed by atoms with E-state index >= 15 is 0 Å². The summed E-state index contributed by atoms with van der Waals surface area (Å²) in [5.74, 6) is 0.820. The zero-order chi connectivity index (χ0) is 31.4. The molecule has 0 radical (unpaired) electrons. The van der Waals surface area contributed by atoms with Crippen molar-refractivity contribution in [1.82, 2.24) is 29.8 Å². The number of hydrogen-bond donors (Lipinski definition) is 3. The second kappa shape index (κ2) is 13.5. The number of ether oxygens (including phenoxy) is 2. The molecule has 2 aliphatic rings. The molecule has 5 rings (SSSR count). The zero-order valence-corrected chi connectivity index (χ0v) is 26.0. The lowest BCUT2D eigenvalue weighted by atomic mass is 10.0. The minimum atomic E-state index is -4.17. The van der Waals surface area contributed by atoms with Gasteiger partial charge in [-0.25, -0.2) is 14.6 Å². The number of carbonyl (C=O) groups is 1. The van der Waals surface area contributed by atoms with E-state index in [0.717, 1.165) is 24.9 Å². The van der Waals surface area contributed by atoms with E-state index in [1.165, 1.54) is 10.7 Å². The van der Waals surface area contributed by atoms with Gasteiger partial charge in [-0.15, -0.1) is 5.10 Å². The quantitative estimate of drug-likeness (QED) is 0.112. The average Bonchev–Trinajstić information content (AvgIpc) is 3.50. The number of pyridine rings is 2. The normalized spacial score (nSPS) is 18.6. The Bertz CT molecular complexity index is 1450. The van der Waals surface area contributed by atoms with Crippen molar-refractivity contribution in [3.05, 3.63) is 53.3 Å². The SMILES string of the molecule is CC1(C)CC(OCCNc2cccc(SNC(=O)c3ccc(-n4ccc(OCCCC5(C(F)(F)F)CC5)n4)nc3Cl)n2)CN1. The van der Waals surface area contributed by atoms with Crippen molar-refractivity contribution in [3.63, 3.8) is 0 Å². The summed E-state index contributed by atoms with van der Waals surface area (Å²) in [6, 6.07) is 10.2. The number of nitrogens with zero attached hydrogens (tertiary/aromatic N) is 4. The van der Waals surface area contributed by atoms with Crippen molar-refractivity contribution in [2.75, 3.05) is 31.6 Å². The summed E-state index contributed by atoms with van der Waals surface area (Å²) in [6.45, 7) is 6.45. The van der Waals surface area contributed by atoms with Crippen molar-refractivity contribution in [2.24, 2.45) is 5.41 Å². The monoisotopic (exact) mass is 653 g/mol. The molecule has 1 aliphatic carbocycles. The summed E-state index contributed by atoms with van der Waals surface area (Å²) in [5.41, 5.74) is -1.27. The molecule has 1 saturated carbocycles. The molecule has 1 aliphatic heterocycles. The molecule has 1 amide bonds. The second-order valence-electron chi connectivity index (χ2n) is 11.6. The van der Waals surface area contributed by atoms with Crippen molar-refractivity contribution in [3.8, 4) is 11.7 Å². The Labute approximate surface area is 263 Å². The Kier molecular flexibility index (Phi) is 9.93. The van der Waals surface area contributed by atoms with Crippen LogP contribution in [0.1, 0.15) is 56.3 Å². The topological polar surface area (TPSA) is 115 Å². The van der Waals surface area contributed by atoms with Gasteiger partial charge in [0, 0.05) is 42.8 Å². The number of amides is 1. The van der Waals surface area contributed by atoms with E-state index in [2.05, 4.69) is 44.3 Å². The number of hydrogen-bond acceptors (Lipinski definition) is 9. The number of anilines is 1. The number of halogens is 4. The number of alkyl halides is 3. The fourth-order valence-electron chi connectivity index (χ4n) is 5.00. The third-order valence-corrected chi connectivity index (χ3v) is 8.67. The van der Waals surface area contributed by atoms with Crippen LogP contribution in [-0.4, -0.2) is 69.8 Å². The van der Waals surface area contributed by atoms with Gasteiger partial charge >= 0.3 is 6.18 Å². The summed E-state index contributed by atoms with van der Waals surface area (Å²) < 4.78 is 54.8. The molecule has 1 saturated heterocycles. The summed E-state index contributed by atoms with van der Waals surface area (Å²) in [6.07, 6.45) is -0.723. The molecule has 1 unspecified atom stereocenters. The predicted octanol–water partition coefficient (Wildman–Crippen LogP) is 5.82. The standard InChI is InChI=1S/C29H35ClF3N7O3S/c1-27(2)17-19(18-35-27)42-16-13-34-21-5-3-6-24(36-21)44-39-26(41)20-7-8-22(37-25(20)30)40-14-9-23(38-40)43-15-4-10-28(11-12-28)29(31,32)33/h3,5-9,14,19,35H,4,10-13,15-18H2,1-2H3,(H,34,36)(H,39,41). The number of rotatable bonds is 14. The minimum Gasteiger partial charge on any atom is -0.477 e. The molecule has 0 bridgehead atoms. The van der Waals surface area contributed by atoms with E-state index in [-0.39, 0.29) is 60.5 Å². The van der Waals surface area contributed by atoms with Crippen LogP contribution < -0.4 is 20.1 Å². The van der Waals surface area contributed by atoms with Gasteiger partial charge in [-0.05, 0) is 70.2 Å². The van der Waals surface area contributed by atoms with Gasteiger partial charge in [0.1, 0.15) is 16.0 Å². The molecule has 1 atom stereocenters. The van der Waals surface area contributed by atoms with Gasteiger partial charge in [0.15, 0.2) is 5.82 Å². The van der Waals surface area contributed by atoms with Crippen LogP contribution in [0, 0.1) is 5.41 Å². The third-order valence-electron chi connectivity index (χ3n) is 7.66. The lowest BCUT2D eigenvalue weighted by Crippen LogP contribution is -2.31. The van der Waals surface area contributed by atoms with Gasteiger partial charge in [-0.1, -0.05) is 17.7 Å². The average molecular weight is 654 g/mol. The zero-order valence-electron chi connectivity index (χ0n) is 24.4. The molecule has 0 spiro atoms. The molecule has 4 heterocycles. The maximum atomic E-state index is 13.1. The number of nitrogens with one attached hydrogen (secondary N) is 3. The molecule has 2 fully saturated rings. The number of carbonyl (C=O) groups excluding carboxylic acids is 1. The first-order chi connectivity index (χ1) is 20.9. The van der Waals surface area contributed by atoms with Gasteiger partial charge in [0.25, 0.3) is 5.91 Å². The Balaban J connectivity index is 1.06. The van der Waals surface area contributed by atoms with Crippen LogP contribution in [-0.2, 0) is 4.74 Å². The van der Waals surface area contributed by atoms with Crippen molar-refractivity contribution < 1.29 is 27.4 Å². The smallest absolute Gasteiger partial charge is 0.394 e. The molecule has 3 aromatic heterocycles. The molecule has 3 aromatic rings. The fraction of sp³-hybridized carbons (Fsp3) is 0.517. The minimum absolute atomic E-state index is 0.0234. The van der Waals surface area contributed by atoms with Gasteiger partial charge in [-0.2, -0.15) is 13.2 Å². The lowest BCUT2D eigenvalue weighted by Gasteiger charge is -2.18. The molecule has 15 heteroatoms. The van der Waals surface area contributed by atoms with Gasteiger partial charge in [0.2, 0.25) is 5.88 Å². The second-order valence-corrected chi connectivity index (χ2v) is 12.8. The fourth-order valence-corrected chi connectivity index (χ4v) is 5.83. The molecule has 0 aromatic carbocycles. The predicted molar refractivity (Wildman–Crippen MR) is 161 cm³/mol. The van der Waals surface area contributed by atoms with Crippen molar-refractivity contribution in [1.29, 1.82) is 0 Å². The van der Waals surface area contributed by atoms with Crippen molar-refractivity contribution in [2.45, 2.75) is 68.8 Å². The highest BCUT2D eigenvalue weighted by Gasteiger charge is 2.62. The third kappa shape index (κ3) is 8.34. The maximum absolute atomic E-state index is 13.1. The first kappa shape index (κ1) is 32.3. The molecule has 238 valence electrons. The Morgan fingerprint density at radius 2 is 2.00 bits per heavy atom. The van der Waals surface area contributed by atoms with Gasteiger partial charge in [0.05, 0.1) is 30.3 Å². The summed E-state index contributed by atoms with van der Waals surface area (Å²) in [4.78, 5) is 21.6. The molecule has 44 heavy (non-hydrogen) atoms. The van der Waals surface area contributed by atoms with Crippen LogP contribution in [0.25, 0.3) is 5.82 Å². The van der Waals surface area contributed by atoms with E-state index < -0.39 is 17.5 Å². The maximum Gasteiger partial charge on any atom is 0.394 e. The van der Waals surface area contributed by atoms with Crippen LogP contribution in [0.4, 0.5) is 19.0 Å². The summed E-state index contributed by atoms with van der Waals surface area (Å²) in [7, 11) is 0. The molecule has 3 N–H and O–H groups in total. The Hall–Kier alpha value is -3.07. The first-order valence-corrected chi connectivity index (χ1v) is 15.6. The van der Waals surface area contributed by atoms with E-state index in [0.29, 0.717) is 29.8 Å². The van der Waals surface area contributed by atoms with Crippen LogP contribution in [0.5, 0.6) is 5.88 Å². The van der Waals surface area contributed by atoms with Crippen LogP contribution in [0.2, 0.25) is 5.15 Å². The Morgan fingerprint density at radius 3 is 2.70 bits per heavy atom. The Morgan fingerprint density at radius 1 is 1.18 bits per heavy atom. The van der Waals surface area contributed by atoms with Crippen molar-refractivity contribution >= 4 is 35.3 Å². The number of aromatic nitrogens is 4. The summed E-state index contributed by atoms with van der Waals surface area (Å²) in [5, 5.41) is 11.5. The highest BCUT2D eigenvalue weighted by atomic mass is 35.5. The van der Waals surface area contributed by atoms with E-state index in [1.54, 1.807) is 24.4 Å². The van der Waals surface area contributed by atoms with E-state index in [9.17, 15) is 18.0 Å². The van der Waals surface area contributed by atoms with E-state index in [1.807, 2.05) is 12.1 Å². The van der Waals surface area contributed by atoms with Crippen LogP contribution in [0.15, 0.2) is 47.6 Å². The molecular weight excluding hydrogens is 619 g/mol.